The molecule has 1 unspecified atom stereocenters. The maximum Gasteiger partial charge on any atom is -0.0102 e. The molecule has 0 spiro atoms. The van der Waals surface area contributed by atoms with Crippen molar-refractivity contribution < 1.29 is 0 Å². The fourth-order valence-corrected chi connectivity index (χ4v) is 4.04. The molecule has 21 heavy (non-hydrogen) atoms. The van der Waals surface area contributed by atoms with Crippen LogP contribution in [0.25, 0.3) is 21.5 Å². The molecule has 1 aliphatic rings. The van der Waals surface area contributed by atoms with E-state index in [-0.39, 0.29) is 0 Å². The number of benzene rings is 3. The number of aryl methyl sites for hydroxylation is 1. The van der Waals surface area contributed by atoms with Gasteiger partial charge in [0.1, 0.15) is 0 Å². The van der Waals surface area contributed by atoms with Crippen LogP contribution in [0, 0.1) is 6.42 Å². The van der Waals surface area contributed by atoms with Crippen molar-refractivity contribution in [3.63, 3.8) is 0 Å². The van der Waals surface area contributed by atoms with Crippen molar-refractivity contribution in [3.05, 3.63) is 66.1 Å². The third-order valence-corrected chi connectivity index (χ3v) is 5.01. The van der Waals surface area contributed by atoms with Crippen molar-refractivity contribution in [3.8, 4) is 0 Å². The Hall–Kier alpha value is -1.82. The zero-order valence-electron chi connectivity index (χ0n) is 12.6. The first kappa shape index (κ1) is 12.9. The molecular formula is C21H21. The average Bonchev–Trinajstić information content (AvgIpc) is 2.55. The van der Waals surface area contributed by atoms with Gasteiger partial charge in [-0.05, 0) is 70.7 Å². The molecule has 1 radical (unpaired) electrons. The summed E-state index contributed by atoms with van der Waals surface area (Å²) in [5.41, 5.74) is 3.21. The average molecular weight is 273 g/mol. The van der Waals surface area contributed by atoms with E-state index < -0.39 is 0 Å². The van der Waals surface area contributed by atoms with Gasteiger partial charge < -0.3 is 0 Å². The third kappa shape index (κ3) is 2.05. The Morgan fingerprint density at radius 2 is 1.81 bits per heavy atom. The molecule has 0 aliphatic heterocycles. The van der Waals surface area contributed by atoms with Crippen LogP contribution in [0.3, 0.4) is 0 Å². The van der Waals surface area contributed by atoms with Crippen molar-refractivity contribution in [1.29, 1.82) is 0 Å². The highest BCUT2D eigenvalue weighted by atomic mass is 14.3. The summed E-state index contributed by atoms with van der Waals surface area (Å²) < 4.78 is 0. The Morgan fingerprint density at radius 3 is 2.71 bits per heavy atom. The number of hydrogen-bond acceptors (Lipinski definition) is 0. The van der Waals surface area contributed by atoms with Crippen LogP contribution >= 0.6 is 0 Å². The van der Waals surface area contributed by atoms with Gasteiger partial charge in [-0.3, -0.25) is 0 Å². The van der Waals surface area contributed by atoms with E-state index in [4.69, 9.17) is 0 Å². The lowest BCUT2D eigenvalue weighted by molar-refractivity contribution is 0.549. The van der Waals surface area contributed by atoms with Crippen molar-refractivity contribution in [2.75, 3.05) is 0 Å². The minimum atomic E-state index is 0.731. The summed E-state index contributed by atoms with van der Waals surface area (Å²) in [5.74, 6) is 0.731. The Bertz CT molecular complexity index is 798. The highest BCUT2D eigenvalue weighted by molar-refractivity contribution is 6.08. The Morgan fingerprint density at radius 1 is 0.952 bits per heavy atom. The quantitative estimate of drug-likeness (QED) is 0.500. The van der Waals surface area contributed by atoms with Gasteiger partial charge in [-0.15, -0.1) is 0 Å². The van der Waals surface area contributed by atoms with Crippen LogP contribution in [0.2, 0.25) is 0 Å². The van der Waals surface area contributed by atoms with E-state index in [1.807, 2.05) is 0 Å². The highest BCUT2D eigenvalue weighted by Crippen LogP contribution is 2.39. The summed E-state index contributed by atoms with van der Waals surface area (Å²) >= 11 is 0. The molecule has 105 valence electrons. The molecule has 0 amide bonds. The Kier molecular flexibility index (Phi) is 3.18. The van der Waals surface area contributed by atoms with E-state index in [1.165, 1.54) is 47.2 Å². The first-order valence-corrected chi connectivity index (χ1v) is 8.09. The van der Waals surface area contributed by atoms with Gasteiger partial charge in [0.2, 0.25) is 0 Å². The molecule has 0 fully saturated rings. The van der Waals surface area contributed by atoms with E-state index in [0.29, 0.717) is 0 Å². The first-order valence-electron chi connectivity index (χ1n) is 8.09. The lowest BCUT2D eigenvalue weighted by Gasteiger charge is -2.26. The molecule has 0 heterocycles. The van der Waals surface area contributed by atoms with E-state index >= 15 is 0 Å². The summed E-state index contributed by atoms with van der Waals surface area (Å²) in [6.07, 6.45) is 7.45. The van der Waals surface area contributed by atoms with Gasteiger partial charge in [-0.2, -0.15) is 0 Å². The Labute approximate surface area is 126 Å². The minimum Gasteiger partial charge on any atom is -0.0622 e. The number of rotatable bonds is 2. The second kappa shape index (κ2) is 5.18. The molecule has 1 atom stereocenters. The predicted molar refractivity (Wildman–Crippen MR) is 91.7 cm³/mol. The summed E-state index contributed by atoms with van der Waals surface area (Å²) in [7, 11) is 0. The van der Waals surface area contributed by atoms with Crippen LogP contribution in [-0.4, -0.2) is 0 Å². The lowest BCUT2D eigenvalue weighted by atomic mass is 9.78. The summed E-state index contributed by atoms with van der Waals surface area (Å²) in [5, 5.41) is 5.64. The topological polar surface area (TPSA) is 0 Å². The largest absolute Gasteiger partial charge is 0.0622 e. The standard InChI is InChI=1S/C21H21/c1-2-6-15-8-5-10-19-18(15)13-14-20-17-9-4-3-7-16(17)11-12-21(19)20/h2-4,7,9,11-15H,5-6,8,10H2,1H3. The molecule has 0 aromatic heterocycles. The second-order valence-corrected chi connectivity index (χ2v) is 6.25. The first-order chi connectivity index (χ1) is 10.4. The fraction of sp³-hybridized carbons (Fsp3) is 0.286. The van der Waals surface area contributed by atoms with Crippen molar-refractivity contribution in [2.24, 2.45) is 0 Å². The van der Waals surface area contributed by atoms with Crippen LogP contribution in [0.5, 0.6) is 0 Å². The SMILES string of the molecule is C[CH]CC1CCCc2c1ccc1c2ccc2ccccc21. The minimum absolute atomic E-state index is 0.731. The zero-order valence-corrected chi connectivity index (χ0v) is 12.6. The molecule has 3 aromatic carbocycles. The predicted octanol–water partition coefficient (Wildman–Crippen LogP) is 6.03. The Balaban J connectivity index is 1.99. The summed E-state index contributed by atoms with van der Waals surface area (Å²) in [6, 6.07) is 18.1. The summed E-state index contributed by atoms with van der Waals surface area (Å²) in [6.45, 7) is 2.18. The molecule has 0 nitrogen and oxygen atoms in total. The molecule has 3 aromatic rings. The van der Waals surface area contributed by atoms with Crippen LogP contribution < -0.4 is 0 Å². The van der Waals surface area contributed by atoms with Crippen LogP contribution in [0.1, 0.15) is 43.2 Å². The maximum absolute atomic E-state index is 2.40. The number of fused-ring (bicyclic) bond motifs is 5. The van der Waals surface area contributed by atoms with Gasteiger partial charge in [0.05, 0.1) is 0 Å². The van der Waals surface area contributed by atoms with Gasteiger partial charge >= 0.3 is 0 Å². The smallest absolute Gasteiger partial charge is 0.0102 e. The lowest BCUT2D eigenvalue weighted by Crippen LogP contribution is -2.10. The maximum atomic E-state index is 2.40. The third-order valence-electron chi connectivity index (χ3n) is 5.01. The second-order valence-electron chi connectivity index (χ2n) is 6.25. The molecule has 1 aliphatic carbocycles. The van der Waals surface area contributed by atoms with E-state index in [2.05, 4.69) is 61.9 Å². The van der Waals surface area contributed by atoms with Crippen LogP contribution in [0.15, 0.2) is 48.5 Å². The van der Waals surface area contributed by atoms with Gasteiger partial charge in [0.25, 0.3) is 0 Å². The normalized spacial score (nSPS) is 18.0. The van der Waals surface area contributed by atoms with Crippen molar-refractivity contribution in [2.45, 2.75) is 38.5 Å². The van der Waals surface area contributed by atoms with Gasteiger partial charge in [0, 0.05) is 0 Å². The molecule has 0 saturated heterocycles. The highest BCUT2D eigenvalue weighted by Gasteiger charge is 2.21. The van der Waals surface area contributed by atoms with Gasteiger partial charge in [-0.1, -0.05) is 55.5 Å². The van der Waals surface area contributed by atoms with Gasteiger partial charge in [-0.25, -0.2) is 0 Å². The summed E-state index contributed by atoms with van der Waals surface area (Å²) in [4.78, 5) is 0. The molecule has 4 rings (SSSR count). The monoisotopic (exact) mass is 273 g/mol. The van der Waals surface area contributed by atoms with Crippen molar-refractivity contribution in [1.82, 2.24) is 0 Å². The van der Waals surface area contributed by atoms with Gasteiger partial charge in [0.15, 0.2) is 0 Å². The van der Waals surface area contributed by atoms with Crippen molar-refractivity contribution >= 4 is 21.5 Å². The van der Waals surface area contributed by atoms with Crippen LogP contribution in [-0.2, 0) is 6.42 Å². The molecule has 0 N–H and O–H groups in total. The molecular weight excluding hydrogens is 252 g/mol. The van der Waals surface area contributed by atoms with Crippen LogP contribution in [0.4, 0.5) is 0 Å². The fourth-order valence-electron chi connectivity index (χ4n) is 4.04. The van der Waals surface area contributed by atoms with E-state index in [9.17, 15) is 0 Å². The zero-order chi connectivity index (χ0) is 14.2. The number of hydrogen-bond donors (Lipinski definition) is 0. The molecule has 0 heteroatoms. The van der Waals surface area contributed by atoms with E-state index in [1.54, 1.807) is 11.1 Å². The van der Waals surface area contributed by atoms with E-state index in [0.717, 1.165) is 5.92 Å². The molecule has 0 bridgehead atoms. The molecule has 0 saturated carbocycles.